The van der Waals surface area contributed by atoms with Crippen molar-refractivity contribution in [3.63, 3.8) is 0 Å². The number of nitrogen functional groups attached to an aromatic ring is 1. The molecule has 0 spiro atoms. The Labute approximate surface area is 88.0 Å². The predicted octanol–water partition coefficient (Wildman–Crippen LogP) is 1.93. The molecule has 1 saturated heterocycles. The van der Waals surface area contributed by atoms with Crippen LogP contribution in [0.3, 0.4) is 0 Å². The molecule has 1 aromatic rings. The van der Waals surface area contributed by atoms with Crippen LogP contribution >= 0.6 is 11.8 Å². The average molecular weight is 207 g/mol. The molecule has 1 fully saturated rings. The van der Waals surface area contributed by atoms with Gasteiger partial charge in [-0.2, -0.15) is 0 Å². The second kappa shape index (κ2) is 3.92. The lowest BCUT2D eigenvalue weighted by molar-refractivity contribution is 0.563. The number of benzene rings is 1. The van der Waals surface area contributed by atoms with Crippen LogP contribution in [0.15, 0.2) is 29.3 Å². The van der Waals surface area contributed by atoms with Crippen molar-refractivity contribution in [3.05, 3.63) is 24.3 Å². The van der Waals surface area contributed by atoms with E-state index in [9.17, 15) is 0 Å². The maximum atomic E-state index is 5.60. The van der Waals surface area contributed by atoms with E-state index in [1.165, 1.54) is 0 Å². The average Bonchev–Trinajstić information content (AvgIpc) is 2.56. The molecule has 2 rings (SSSR count). The third-order valence-corrected chi connectivity index (χ3v) is 3.15. The van der Waals surface area contributed by atoms with E-state index in [4.69, 9.17) is 5.73 Å². The monoisotopic (exact) mass is 207 g/mol. The van der Waals surface area contributed by atoms with Crippen LogP contribution in [0.4, 0.5) is 11.4 Å². The predicted molar refractivity (Wildman–Crippen MR) is 63.0 cm³/mol. The zero-order valence-electron chi connectivity index (χ0n) is 8.10. The van der Waals surface area contributed by atoms with E-state index in [1.807, 2.05) is 24.3 Å². The van der Waals surface area contributed by atoms with Gasteiger partial charge in [0.05, 0.1) is 5.69 Å². The van der Waals surface area contributed by atoms with Crippen molar-refractivity contribution in [2.75, 3.05) is 25.1 Å². The molecule has 1 heterocycles. The highest BCUT2D eigenvalue weighted by Gasteiger charge is 2.14. The van der Waals surface area contributed by atoms with Crippen molar-refractivity contribution in [1.82, 2.24) is 4.90 Å². The van der Waals surface area contributed by atoms with E-state index >= 15 is 0 Å². The van der Waals surface area contributed by atoms with Crippen molar-refractivity contribution in [3.8, 4) is 0 Å². The lowest BCUT2D eigenvalue weighted by Crippen LogP contribution is -2.17. The highest BCUT2D eigenvalue weighted by atomic mass is 32.2. The van der Waals surface area contributed by atoms with Gasteiger partial charge in [-0.3, -0.25) is 0 Å². The number of thioether (sulfide) groups is 1. The van der Waals surface area contributed by atoms with E-state index in [1.54, 1.807) is 11.8 Å². The summed E-state index contributed by atoms with van der Waals surface area (Å²) in [6, 6.07) is 7.63. The van der Waals surface area contributed by atoms with Gasteiger partial charge in [-0.25, -0.2) is 4.99 Å². The molecule has 3 nitrogen and oxygen atoms in total. The van der Waals surface area contributed by atoms with Crippen LogP contribution in [0.2, 0.25) is 0 Å². The molecule has 0 atom stereocenters. The molecule has 1 aliphatic heterocycles. The Morgan fingerprint density at radius 2 is 2.07 bits per heavy atom. The third kappa shape index (κ3) is 2.01. The number of rotatable bonds is 1. The number of anilines is 1. The molecular formula is C10H13N3S. The van der Waals surface area contributed by atoms with Gasteiger partial charge in [0.15, 0.2) is 5.17 Å². The summed E-state index contributed by atoms with van der Waals surface area (Å²) in [6.07, 6.45) is 0. The van der Waals surface area contributed by atoms with E-state index in [-0.39, 0.29) is 0 Å². The van der Waals surface area contributed by atoms with Gasteiger partial charge >= 0.3 is 0 Å². The maximum absolute atomic E-state index is 5.60. The van der Waals surface area contributed by atoms with Gasteiger partial charge in [0.2, 0.25) is 0 Å². The first-order chi connectivity index (χ1) is 6.75. The maximum Gasteiger partial charge on any atom is 0.164 e. The Kier molecular flexibility index (Phi) is 2.63. The minimum absolute atomic E-state index is 0.779. The molecule has 0 unspecified atom stereocenters. The molecule has 0 saturated carbocycles. The van der Waals surface area contributed by atoms with Crippen LogP contribution in [0.5, 0.6) is 0 Å². The van der Waals surface area contributed by atoms with Crippen LogP contribution < -0.4 is 5.73 Å². The molecular weight excluding hydrogens is 194 g/mol. The SMILES string of the molecule is CN1CCS/C1=N\c1ccc(N)cc1. The fraction of sp³-hybridized carbons (Fsp3) is 0.300. The van der Waals surface area contributed by atoms with Crippen molar-refractivity contribution in [2.45, 2.75) is 0 Å². The molecule has 0 aliphatic carbocycles. The number of aliphatic imine (C=N–C) groups is 1. The summed E-state index contributed by atoms with van der Waals surface area (Å²) in [5, 5.41) is 1.09. The fourth-order valence-corrected chi connectivity index (χ4v) is 2.29. The quantitative estimate of drug-likeness (QED) is 0.715. The Bertz CT molecular complexity index is 345. The van der Waals surface area contributed by atoms with Crippen LogP contribution in [0, 0.1) is 0 Å². The topological polar surface area (TPSA) is 41.6 Å². The Hall–Kier alpha value is -1.16. The second-order valence-corrected chi connectivity index (χ2v) is 4.32. The first kappa shape index (κ1) is 9.40. The first-order valence-electron chi connectivity index (χ1n) is 4.54. The summed E-state index contributed by atoms with van der Waals surface area (Å²) >= 11 is 1.79. The zero-order valence-corrected chi connectivity index (χ0v) is 8.92. The number of nitrogens with zero attached hydrogens (tertiary/aromatic N) is 2. The van der Waals surface area contributed by atoms with Crippen molar-refractivity contribution in [1.29, 1.82) is 0 Å². The highest BCUT2D eigenvalue weighted by Crippen LogP contribution is 2.21. The largest absolute Gasteiger partial charge is 0.399 e. The van der Waals surface area contributed by atoms with Gasteiger partial charge in [0.25, 0.3) is 0 Å². The van der Waals surface area contributed by atoms with Gasteiger partial charge in [0.1, 0.15) is 0 Å². The molecule has 0 aromatic heterocycles. The van der Waals surface area contributed by atoms with E-state index in [0.717, 1.165) is 28.8 Å². The molecule has 0 amide bonds. The number of hydrogen-bond acceptors (Lipinski definition) is 3. The number of hydrogen-bond donors (Lipinski definition) is 1. The van der Waals surface area contributed by atoms with Gasteiger partial charge in [-0.15, -0.1) is 0 Å². The smallest absolute Gasteiger partial charge is 0.164 e. The summed E-state index contributed by atoms with van der Waals surface area (Å²) < 4.78 is 0. The summed E-state index contributed by atoms with van der Waals surface area (Å²) in [4.78, 5) is 6.70. The van der Waals surface area contributed by atoms with Crippen LogP contribution in [0.25, 0.3) is 0 Å². The van der Waals surface area contributed by atoms with Crippen LogP contribution in [-0.4, -0.2) is 29.4 Å². The van der Waals surface area contributed by atoms with Crippen molar-refractivity contribution < 1.29 is 0 Å². The van der Waals surface area contributed by atoms with E-state index in [0.29, 0.717) is 0 Å². The Morgan fingerprint density at radius 1 is 1.36 bits per heavy atom. The molecule has 74 valence electrons. The molecule has 1 aliphatic rings. The standard InChI is InChI=1S/C10H13N3S/c1-13-6-7-14-10(13)12-9-4-2-8(11)3-5-9/h2-5H,6-7,11H2,1H3/b12-10-. The van der Waals surface area contributed by atoms with Gasteiger partial charge in [0, 0.05) is 25.0 Å². The van der Waals surface area contributed by atoms with E-state index < -0.39 is 0 Å². The van der Waals surface area contributed by atoms with Gasteiger partial charge < -0.3 is 10.6 Å². The summed E-state index contributed by atoms with van der Waals surface area (Å²) in [6.45, 7) is 1.08. The fourth-order valence-electron chi connectivity index (χ4n) is 1.26. The van der Waals surface area contributed by atoms with Crippen molar-refractivity contribution >= 4 is 28.3 Å². The normalized spacial score (nSPS) is 19.2. The first-order valence-corrected chi connectivity index (χ1v) is 5.52. The number of amidine groups is 1. The Balaban J connectivity index is 2.20. The van der Waals surface area contributed by atoms with Gasteiger partial charge in [-0.05, 0) is 24.3 Å². The van der Waals surface area contributed by atoms with Gasteiger partial charge in [-0.1, -0.05) is 11.8 Å². The highest BCUT2D eigenvalue weighted by molar-refractivity contribution is 8.14. The second-order valence-electron chi connectivity index (χ2n) is 3.26. The minimum atomic E-state index is 0.779. The molecule has 0 bridgehead atoms. The molecule has 14 heavy (non-hydrogen) atoms. The number of nitrogens with two attached hydrogens (primary N) is 1. The summed E-state index contributed by atoms with van der Waals surface area (Å²) in [7, 11) is 2.07. The van der Waals surface area contributed by atoms with E-state index in [2.05, 4.69) is 16.9 Å². The lowest BCUT2D eigenvalue weighted by Gasteiger charge is -2.09. The Morgan fingerprint density at radius 3 is 2.64 bits per heavy atom. The van der Waals surface area contributed by atoms with Crippen LogP contribution in [0.1, 0.15) is 0 Å². The molecule has 2 N–H and O–H groups in total. The van der Waals surface area contributed by atoms with Crippen molar-refractivity contribution in [2.24, 2.45) is 4.99 Å². The minimum Gasteiger partial charge on any atom is -0.399 e. The summed E-state index contributed by atoms with van der Waals surface area (Å²) in [5.41, 5.74) is 7.35. The molecule has 0 radical (unpaired) electrons. The third-order valence-electron chi connectivity index (χ3n) is 2.10. The molecule has 4 heteroatoms. The zero-order chi connectivity index (χ0) is 9.97. The lowest BCUT2D eigenvalue weighted by atomic mass is 10.3. The van der Waals surface area contributed by atoms with Crippen LogP contribution in [-0.2, 0) is 0 Å². The molecule has 1 aromatic carbocycles. The summed E-state index contributed by atoms with van der Waals surface area (Å²) in [5.74, 6) is 1.13.